The molecule has 0 saturated heterocycles. The van der Waals surface area contributed by atoms with E-state index < -0.39 is 4.92 Å². The van der Waals surface area contributed by atoms with Crippen LogP contribution in [0.4, 0.5) is 11.5 Å². The normalized spacial score (nSPS) is 10.3. The van der Waals surface area contributed by atoms with Gasteiger partial charge in [0.2, 0.25) is 5.82 Å². The number of anilines is 1. The molecule has 1 aromatic carbocycles. The number of aryl methyl sites for hydroxylation is 1. The Bertz CT molecular complexity index is 632. The summed E-state index contributed by atoms with van der Waals surface area (Å²) in [5, 5.41) is 14.1. The number of aromatic nitrogens is 1. The van der Waals surface area contributed by atoms with E-state index in [0.29, 0.717) is 11.0 Å². The molecule has 0 atom stereocenters. The van der Waals surface area contributed by atoms with Crippen LogP contribution in [0.5, 0.6) is 0 Å². The molecule has 0 fully saturated rings. The molecule has 0 aliphatic heterocycles. The second-order valence-electron chi connectivity index (χ2n) is 4.25. The molecule has 0 aliphatic rings. The number of benzene rings is 1. The topological polar surface area (TPSA) is 68.1 Å². The average Bonchev–Trinajstić information content (AvgIpc) is 2.46. The third-order valence-corrected chi connectivity index (χ3v) is 3.41. The van der Waals surface area contributed by atoms with Gasteiger partial charge in [0.15, 0.2) is 0 Å². The number of nitrogens with zero attached hydrogens (tertiary/aromatic N) is 2. The summed E-state index contributed by atoms with van der Waals surface area (Å²) < 4.78 is 0.587. The number of rotatable bonds is 5. The van der Waals surface area contributed by atoms with Gasteiger partial charge in [0.05, 0.1) is 4.92 Å². The van der Waals surface area contributed by atoms with Crippen molar-refractivity contribution in [1.29, 1.82) is 0 Å². The highest BCUT2D eigenvalue weighted by atomic mass is 79.9. The zero-order chi connectivity index (χ0) is 14.5. The van der Waals surface area contributed by atoms with Crippen molar-refractivity contribution in [2.45, 2.75) is 19.9 Å². The van der Waals surface area contributed by atoms with Crippen LogP contribution in [-0.2, 0) is 13.0 Å². The van der Waals surface area contributed by atoms with Gasteiger partial charge in [-0.2, -0.15) is 0 Å². The van der Waals surface area contributed by atoms with Crippen molar-refractivity contribution in [1.82, 2.24) is 4.98 Å². The van der Waals surface area contributed by atoms with Gasteiger partial charge in [-0.25, -0.2) is 4.98 Å². The second-order valence-corrected chi connectivity index (χ2v) is 5.17. The molecule has 5 nitrogen and oxygen atoms in total. The highest BCUT2D eigenvalue weighted by molar-refractivity contribution is 9.10. The average molecular weight is 336 g/mol. The Kier molecular flexibility index (Phi) is 4.68. The number of hydrogen-bond donors (Lipinski definition) is 1. The highest BCUT2D eigenvalue weighted by Crippen LogP contribution is 2.26. The van der Waals surface area contributed by atoms with Crippen LogP contribution in [0, 0.1) is 10.1 Å². The molecule has 20 heavy (non-hydrogen) atoms. The summed E-state index contributed by atoms with van der Waals surface area (Å²) in [4.78, 5) is 14.6. The van der Waals surface area contributed by atoms with Crippen molar-refractivity contribution in [3.8, 4) is 0 Å². The van der Waals surface area contributed by atoms with Crippen LogP contribution < -0.4 is 5.32 Å². The summed E-state index contributed by atoms with van der Waals surface area (Å²) >= 11 is 3.19. The van der Waals surface area contributed by atoms with E-state index in [1.807, 2.05) is 18.2 Å². The fraction of sp³-hybridized carbons (Fsp3) is 0.214. The molecule has 2 aromatic rings. The Morgan fingerprint density at radius 3 is 2.70 bits per heavy atom. The minimum atomic E-state index is -0.439. The first-order valence-corrected chi connectivity index (χ1v) is 7.01. The molecule has 6 heteroatoms. The van der Waals surface area contributed by atoms with Gasteiger partial charge in [0.25, 0.3) is 0 Å². The van der Waals surface area contributed by atoms with Gasteiger partial charge in [-0.1, -0.05) is 31.2 Å². The first-order valence-electron chi connectivity index (χ1n) is 6.22. The smallest absolute Gasteiger partial charge is 0.312 e. The van der Waals surface area contributed by atoms with E-state index in [2.05, 4.69) is 39.2 Å². The molecule has 0 unspecified atom stereocenters. The Morgan fingerprint density at radius 2 is 2.05 bits per heavy atom. The zero-order valence-electron chi connectivity index (χ0n) is 11.0. The third-order valence-electron chi connectivity index (χ3n) is 2.98. The van der Waals surface area contributed by atoms with Crippen LogP contribution in [-0.4, -0.2) is 9.91 Å². The Balaban J connectivity index is 2.21. The van der Waals surface area contributed by atoms with E-state index in [9.17, 15) is 10.1 Å². The molecule has 0 bridgehead atoms. The van der Waals surface area contributed by atoms with Crippen molar-refractivity contribution in [3.63, 3.8) is 0 Å². The van der Waals surface area contributed by atoms with E-state index in [1.165, 1.54) is 11.6 Å². The summed E-state index contributed by atoms with van der Waals surface area (Å²) in [6, 6.07) is 9.46. The molecule has 0 aliphatic carbocycles. The zero-order valence-corrected chi connectivity index (χ0v) is 12.6. The largest absolute Gasteiger partial charge is 0.360 e. The summed E-state index contributed by atoms with van der Waals surface area (Å²) in [5.41, 5.74) is 2.31. The molecule has 104 valence electrons. The Morgan fingerprint density at radius 1 is 1.35 bits per heavy atom. The fourth-order valence-electron chi connectivity index (χ4n) is 1.96. The molecule has 0 spiro atoms. The Labute approximate surface area is 125 Å². The molecule has 1 aromatic heterocycles. The maximum absolute atomic E-state index is 11.0. The maximum atomic E-state index is 11.0. The van der Waals surface area contributed by atoms with Crippen molar-refractivity contribution < 1.29 is 4.92 Å². The van der Waals surface area contributed by atoms with Gasteiger partial charge in [0, 0.05) is 23.3 Å². The number of nitrogens with one attached hydrogen (secondary N) is 1. The van der Waals surface area contributed by atoms with Crippen LogP contribution in [0.3, 0.4) is 0 Å². The first kappa shape index (κ1) is 14.5. The lowest BCUT2D eigenvalue weighted by Crippen LogP contribution is -2.06. The number of pyridine rings is 1. The Hall–Kier alpha value is -1.95. The molecule has 0 amide bonds. The molecule has 1 heterocycles. The quantitative estimate of drug-likeness (QED) is 0.664. The van der Waals surface area contributed by atoms with Gasteiger partial charge in [-0.05, 0) is 33.5 Å². The SMILES string of the molecule is CCc1ccccc1CNc1ncc(Br)cc1[N+](=O)[O-]. The monoisotopic (exact) mass is 335 g/mol. The van der Waals surface area contributed by atoms with Gasteiger partial charge < -0.3 is 5.32 Å². The van der Waals surface area contributed by atoms with Crippen LogP contribution in [0.1, 0.15) is 18.1 Å². The number of halogens is 1. The van der Waals surface area contributed by atoms with E-state index >= 15 is 0 Å². The van der Waals surface area contributed by atoms with E-state index in [1.54, 1.807) is 6.20 Å². The van der Waals surface area contributed by atoms with E-state index in [4.69, 9.17) is 0 Å². The minimum absolute atomic E-state index is 0.0339. The third kappa shape index (κ3) is 3.33. The second kappa shape index (κ2) is 6.47. The lowest BCUT2D eigenvalue weighted by Gasteiger charge is -2.10. The first-order chi connectivity index (χ1) is 9.61. The maximum Gasteiger partial charge on any atom is 0.312 e. The predicted molar refractivity (Wildman–Crippen MR) is 81.7 cm³/mol. The lowest BCUT2D eigenvalue weighted by molar-refractivity contribution is -0.384. The predicted octanol–water partition coefficient (Wildman–Crippen LogP) is 3.93. The van der Waals surface area contributed by atoms with Crippen LogP contribution >= 0.6 is 15.9 Å². The molecule has 1 N–H and O–H groups in total. The van der Waals surface area contributed by atoms with Crippen LogP contribution in [0.25, 0.3) is 0 Å². The standard InChI is InChI=1S/C14H14BrN3O2/c1-2-10-5-3-4-6-11(10)8-16-14-13(18(19)20)7-12(15)9-17-14/h3-7,9H,2,8H2,1H3,(H,16,17). The van der Waals surface area contributed by atoms with Crippen molar-refractivity contribution in [3.05, 3.63) is 62.2 Å². The fourth-order valence-corrected chi connectivity index (χ4v) is 2.28. The minimum Gasteiger partial charge on any atom is -0.360 e. The summed E-state index contributed by atoms with van der Waals surface area (Å²) in [7, 11) is 0. The van der Waals surface area contributed by atoms with Gasteiger partial charge in [-0.15, -0.1) is 0 Å². The van der Waals surface area contributed by atoms with E-state index in [-0.39, 0.29) is 11.5 Å². The highest BCUT2D eigenvalue weighted by Gasteiger charge is 2.15. The lowest BCUT2D eigenvalue weighted by atomic mass is 10.1. The molecular formula is C14H14BrN3O2. The molecule has 0 radical (unpaired) electrons. The summed E-state index contributed by atoms with van der Waals surface area (Å²) in [6.45, 7) is 2.60. The summed E-state index contributed by atoms with van der Waals surface area (Å²) in [5.74, 6) is 0.282. The number of nitro groups is 1. The van der Waals surface area contributed by atoms with Gasteiger partial charge >= 0.3 is 5.69 Å². The van der Waals surface area contributed by atoms with Crippen LogP contribution in [0.15, 0.2) is 41.0 Å². The van der Waals surface area contributed by atoms with E-state index in [0.717, 1.165) is 12.0 Å². The van der Waals surface area contributed by atoms with Crippen molar-refractivity contribution >= 4 is 27.4 Å². The molecular weight excluding hydrogens is 322 g/mol. The molecule has 0 saturated carbocycles. The van der Waals surface area contributed by atoms with Crippen molar-refractivity contribution in [2.24, 2.45) is 0 Å². The molecule has 2 rings (SSSR count). The van der Waals surface area contributed by atoms with Gasteiger partial charge in [-0.3, -0.25) is 10.1 Å². The summed E-state index contributed by atoms with van der Waals surface area (Å²) in [6.07, 6.45) is 2.47. The number of hydrogen-bond acceptors (Lipinski definition) is 4. The van der Waals surface area contributed by atoms with Crippen LogP contribution in [0.2, 0.25) is 0 Å². The van der Waals surface area contributed by atoms with Gasteiger partial charge in [0.1, 0.15) is 0 Å². The van der Waals surface area contributed by atoms with Crippen molar-refractivity contribution in [2.75, 3.05) is 5.32 Å².